The van der Waals surface area contributed by atoms with E-state index < -0.39 is 12.6 Å². The van der Waals surface area contributed by atoms with Crippen molar-refractivity contribution in [3.05, 3.63) is 69.8 Å². The smallest absolute Gasteiger partial charge is 0.387 e. The number of carboxylic acid groups (broad SMARTS) is 1. The van der Waals surface area contributed by atoms with Crippen LogP contribution in [0.15, 0.2) is 47.3 Å². The molecule has 1 N–H and O–H groups in total. The number of fused-ring (bicyclic) bond motifs is 2. The van der Waals surface area contributed by atoms with Gasteiger partial charge in [0.25, 0.3) is 5.56 Å². The van der Waals surface area contributed by atoms with Crippen molar-refractivity contribution in [1.82, 2.24) is 9.55 Å². The Morgan fingerprint density at radius 2 is 1.96 bits per heavy atom. The van der Waals surface area contributed by atoms with Gasteiger partial charge in [-0.1, -0.05) is 12.1 Å². The van der Waals surface area contributed by atoms with E-state index in [4.69, 9.17) is 5.11 Å². The van der Waals surface area contributed by atoms with Gasteiger partial charge >= 0.3 is 12.6 Å². The molecule has 8 heteroatoms. The van der Waals surface area contributed by atoms with Gasteiger partial charge in [-0.05, 0) is 54.0 Å². The van der Waals surface area contributed by atoms with E-state index in [9.17, 15) is 18.4 Å². The average molecular weight is 384 g/mol. The monoisotopic (exact) mass is 384 g/mol. The Labute approximate surface area is 157 Å². The molecule has 0 bridgehead atoms. The number of benzene rings is 2. The van der Waals surface area contributed by atoms with Crippen LogP contribution in [0.1, 0.15) is 28.2 Å². The molecule has 0 saturated carbocycles. The molecule has 2 aromatic carbocycles. The predicted octanol–water partition coefficient (Wildman–Crippen LogP) is 3.64. The van der Waals surface area contributed by atoms with Crippen LogP contribution in [0.3, 0.4) is 0 Å². The molecular formula is C20H14F2N2O4. The summed E-state index contributed by atoms with van der Waals surface area (Å²) in [6.45, 7) is -2.41. The topological polar surface area (TPSA) is 81.4 Å². The highest BCUT2D eigenvalue weighted by Crippen LogP contribution is 2.28. The van der Waals surface area contributed by atoms with E-state index in [1.54, 1.807) is 16.7 Å². The van der Waals surface area contributed by atoms with E-state index in [0.717, 1.165) is 11.1 Å². The summed E-state index contributed by atoms with van der Waals surface area (Å²) in [6.07, 6.45) is 2.41. The lowest BCUT2D eigenvalue weighted by atomic mass is 10.1. The van der Waals surface area contributed by atoms with Gasteiger partial charge < -0.3 is 9.84 Å². The lowest BCUT2D eigenvalue weighted by Gasteiger charge is -2.07. The SMILES string of the molecule is O=C(O)c1ccc2c(=O)n3c(nc2c1)/C(=C\c1ccc(OC(F)F)cc1)CC3. The van der Waals surface area contributed by atoms with Crippen molar-refractivity contribution in [3.63, 3.8) is 0 Å². The Morgan fingerprint density at radius 3 is 2.64 bits per heavy atom. The number of nitrogens with zero attached hydrogens (tertiary/aromatic N) is 2. The molecule has 28 heavy (non-hydrogen) atoms. The minimum atomic E-state index is -2.88. The van der Waals surface area contributed by atoms with Crippen LogP contribution < -0.4 is 10.3 Å². The molecule has 2 heterocycles. The van der Waals surface area contributed by atoms with Gasteiger partial charge in [0.15, 0.2) is 0 Å². The van der Waals surface area contributed by atoms with E-state index in [1.807, 2.05) is 6.08 Å². The fourth-order valence-electron chi connectivity index (χ4n) is 3.23. The van der Waals surface area contributed by atoms with Crippen molar-refractivity contribution >= 4 is 28.5 Å². The molecule has 142 valence electrons. The number of carboxylic acids is 1. The second-order valence-corrected chi connectivity index (χ2v) is 6.30. The van der Waals surface area contributed by atoms with Crippen molar-refractivity contribution in [2.45, 2.75) is 19.6 Å². The fourth-order valence-corrected chi connectivity index (χ4v) is 3.23. The Kier molecular flexibility index (Phi) is 4.38. The highest BCUT2D eigenvalue weighted by atomic mass is 19.3. The Balaban J connectivity index is 1.75. The minimum absolute atomic E-state index is 0.0579. The van der Waals surface area contributed by atoms with Gasteiger partial charge in [0.1, 0.15) is 11.6 Å². The van der Waals surface area contributed by atoms with Crippen LogP contribution in [0, 0.1) is 0 Å². The van der Waals surface area contributed by atoms with Crippen molar-refractivity contribution in [3.8, 4) is 5.75 Å². The maximum atomic E-state index is 12.7. The Morgan fingerprint density at radius 1 is 1.21 bits per heavy atom. The molecule has 0 unspecified atom stereocenters. The van der Waals surface area contributed by atoms with Crippen LogP contribution in [-0.2, 0) is 6.54 Å². The second-order valence-electron chi connectivity index (χ2n) is 6.30. The van der Waals surface area contributed by atoms with Gasteiger partial charge in [0.2, 0.25) is 0 Å². The summed E-state index contributed by atoms with van der Waals surface area (Å²) in [5, 5.41) is 9.52. The number of allylic oxidation sites excluding steroid dienone is 1. The van der Waals surface area contributed by atoms with Crippen LogP contribution >= 0.6 is 0 Å². The summed E-state index contributed by atoms with van der Waals surface area (Å²) in [5.41, 5.74) is 1.72. The molecule has 0 spiro atoms. The van der Waals surface area contributed by atoms with Gasteiger partial charge in [-0.15, -0.1) is 0 Å². The van der Waals surface area contributed by atoms with E-state index in [-0.39, 0.29) is 16.9 Å². The van der Waals surface area contributed by atoms with Crippen molar-refractivity contribution < 1.29 is 23.4 Å². The van der Waals surface area contributed by atoms with Gasteiger partial charge in [-0.3, -0.25) is 9.36 Å². The van der Waals surface area contributed by atoms with Crippen LogP contribution in [0.4, 0.5) is 8.78 Å². The zero-order valence-corrected chi connectivity index (χ0v) is 14.4. The number of hydrogen-bond acceptors (Lipinski definition) is 4. The maximum absolute atomic E-state index is 12.7. The molecule has 6 nitrogen and oxygen atoms in total. The first-order valence-electron chi connectivity index (χ1n) is 8.46. The van der Waals surface area contributed by atoms with Crippen molar-refractivity contribution in [2.75, 3.05) is 0 Å². The Bertz CT molecular complexity index is 1170. The lowest BCUT2D eigenvalue weighted by molar-refractivity contribution is -0.0498. The molecule has 0 amide bonds. The quantitative estimate of drug-likeness (QED) is 0.743. The molecule has 3 aromatic rings. The average Bonchev–Trinajstić information content (AvgIpc) is 3.05. The zero-order valence-electron chi connectivity index (χ0n) is 14.4. The molecule has 4 rings (SSSR count). The van der Waals surface area contributed by atoms with Crippen LogP contribution in [-0.4, -0.2) is 27.2 Å². The molecule has 1 aliphatic rings. The summed E-state index contributed by atoms with van der Waals surface area (Å²) in [7, 11) is 0. The fraction of sp³-hybridized carbons (Fsp3) is 0.150. The van der Waals surface area contributed by atoms with Gasteiger partial charge in [-0.25, -0.2) is 9.78 Å². The van der Waals surface area contributed by atoms with E-state index in [1.165, 1.54) is 30.3 Å². The summed E-state index contributed by atoms with van der Waals surface area (Å²) in [6, 6.07) is 10.4. The third-order valence-corrected chi connectivity index (χ3v) is 4.54. The van der Waals surface area contributed by atoms with Crippen molar-refractivity contribution in [1.29, 1.82) is 0 Å². The first-order chi connectivity index (χ1) is 13.4. The normalized spacial score (nSPS) is 14.6. The third kappa shape index (κ3) is 3.24. The van der Waals surface area contributed by atoms with Crippen LogP contribution in [0.2, 0.25) is 0 Å². The molecule has 0 aliphatic carbocycles. The number of ether oxygens (including phenoxy) is 1. The van der Waals surface area contributed by atoms with E-state index >= 15 is 0 Å². The molecular weight excluding hydrogens is 370 g/mol. The lowest BCUT2D eigenvalue weighted by Crippen LogP contribution is -2.20. The van der Waals surface area contributed by atoms with Crippen LogP contribution in [0.5, 0.6) is 5.75 Å². The molecule has 0 saturated heterocycles. The maximum Gasteiger partial charge on any atom is 0.387 e. The number of aromatic carboxylic acids is 1. The summed E-state index contributed by atoms with van der Waals surface area (Å²) >= 11 is 0. The molecule has 1 aromatic heterocycles. The van der Waals surface area contributed by atoms with Crippen molar-refractivity contribution in [2.24, 2.45) is 0 Å². The molecule has 0 radical (unpaired) electrons. The van der Waals surface area contributed by atoms with Crippen LogP contribution in [0.25, 0.3) is 22.6 Å². The summed E-state index contributed by atoms with van der Waals surface area (Å²) in [5.74, 6) is -0.551. The van der Waals surface area contributed by atoms with E-state index in [2.05, 4.69) is 9.72 Å². The zero-order chi connectivity index (χ0) is 19.8. The number of aromatic nitrogens is 2. The summed E-state index contributed by atoms with van der Waals surface area (Å²) in [4.78, 5) is 28.4. The van der Waals surface area contributed by atoms with E-state index in [0.29, 0.717) is 29.7 Å². The first-order valence-corrected chi connectivity index (χ1v) is 8.46. The Hall–Kier alpha value is -3.55. The number of carbonyl (C=O) groups is 1. The van der Waals surface area contributed by atoms with Gasteiger partial charge in [0, 0.05) is 6.54 Å². The molecule has 1 aliphatic heterocycles. The predicted molar refractivity (Wildman–Crippen MR) is 98.5 cm³/mol. The van der Waals surface area contributed by atoms with Gasteiger partial charge in [0.05, 0.1) is 16.5 Å². The highest BCUT2D eigenvalue weighted by molar-refractivity contribution is 5.93. The number of alkyl halides is 2. The standard InChI is InChI=1S/C20H14F2N2O4/c21-20(22)28-14-4-1-11(2-5-14)9-12-7-8-24-17(12)23-16-10-13(19(26)27)3-6-15(16)18(24)25/h1-6,9-10,20H,7-8H2,(H,26,27)/b12-9-. The third-order valence-electron chi connectivity index (χ3n) is 4.54. The number of halogens is 2. The summed E-state index contributed by atoms with van der Waals surface area (Å²) < 4.78 is 30.4. The second kappa shape index (κ2) is 6.88. The number of hydrogen-bond donors (Lipinski definition) is 1. The number of rotatable bonds is 4. The largest absolute Gasteiger partial charge is 0.478 e. The van der Waals surface area contributed by atoms with Gasteiger partial charge in [-0.2, -0.15) is 8.78 Å². The minimum Gasteiger partial charge on any atom is -0.478 e. The molecule has 0 fully saturated rings. The molecule has 0 atom stereocenters. The highest BCUT2D eigenvalue weighted by Gasteiger charge is 2.21. The first kappa shape index (κ1) is 17.8.